The summed E-state index contributed by atoms with van der Waals surface area (Å²) in [5.41, 5.74) is -0.128. The Morgan fingerprint density at radius 1 is 1.52 bits per heavy atom. The minimum atomic E-state index is -0.783. The summed E-state index contributed by atoms with van der Waals surface area (Å²) in [4.78, 5) is 25.9. The zero-order valence-corrected chi connectivity index (χ0v) is 12.1. The Kier molecular flexibility index (Phi) is 4.45. The summed E-state index contributed by atoms with van der Waals surface area (Å²) in [5.74, 6) is -1.51. The van der Waals surface area contributed by atoms with Crippen LogP contribution in [0.5, 0.6) is 5.75 Å². The standard InChI is InChI=1S/C15H19FN2O3/c1-9(2)7-13-14(20)17-5-6-18(13)15(21)11-4-3-10(19)8-12(11)16/h3-4,8-9,13,19H,5-7H2,1-2H3,(H,17,20). The SMILES string of the molecule is CC(C)CC1C(=O)NCCN1C(=O)c1ccc(O)cc1F. The molecule has 0 radical (unpaired) electrons. The van der Waals surface area contributed by atoms with E-state index in [2.05, 4.69) is 5.32 Å². The molecular formula is C15H19FN2O3. The summed E-state index contributed by atoms with van der Waals surface area (Å²) < 4.78 is 13.8. The second kappa shape index (κ2) is 6.11. The first-order valence-electron chi connectivity index (χ1n) is 6.97. The minimum absolute atomic E-state index is 0.128. The molecule has 0 bridgehead atoms. The maximum atomic E-state index is 13.8. The van der Waals surface area contributed by atoms with Gasteiger partial charge in [0.05, 0.1) is 5.56 Å². The van der Waals surface area contributed by atoms with Gasteiger partial charge in [0, 0.05) is 19.2 Å². The number of nitrogens with one attached hydrogen (secondary N) is 1. The molecule has 1 heterocycles. The lowest BCUT2D eigenvalue weighted by atomic mass is 9.99. The van der Waals surface area contributed by atoms with Crippen molar-refractivity contribution in [2.24, 2.45) is 5.92 Å². The second-order valence-corrected chi connectivity index (χ2v) is 5.60. The minimum Gasteiger partial charge on any atom is -0.508 e. The predicted molar refractivity (Wildman–Crippen MR) is 75.4 cm³/mol. The molecule has 2 N–H and O–H groups in total. The number of carbonyl (C=O) groups is 2. The number of amides is 2. The van der Waals surface area contributed by atoms with Crippen LogP contribution in [0.1, 0.15) is 30.6 Å². The molecule has 1 aliphatic heterocycles. The van der Waals surface area contributed by atoms with Crippen LogP contribution in [0.4, 0.5) is 4.39 Å². The molecule has 6 heteroatoms. The first-order chi connectivity index (χ1) is 9.90. The molecule has 0 aromatic heterocycles. The predicted octanol–water partition coefficient (Wildman–Crippen LogP) is 1.52. The molecule has 1 atom stereocenters. The van der Waals surface area contributed by atoms with E-state index >= 15 is 0 Å². The summed E-state index contributed by atoms with van der Waals surface area (Å²) in [6.45, 7) is 4.64. The van der Waals surface area contributed by atoms with E-state index in [9.17, 15) is 19.1 Å². The zero-order chi connectivity index (χ0) is 15.6. The molecule has 5 nitrogen and oxygen atoms in total. The van der Waals surface area contributed by atoms with Gasteiger partial charge in [0.2, 0.25) is 5.91 Å². The third-order valence-corrected chi connectivity index (χ3v) is 3.47. The highest BCUT2D eigenvalue weighted by atomic mass is 19.1. The zero-order valence-electron chi connectivity index (χ0n) is 12.1. The second-order valence-electron chi connectivity index (χ2n) is 5.60. The quantitative estimate of drug-likeness (QED) is 0.888. The molecule has 1 aliphatic rings. The van der Waals surface area contributed by atoms with Gasteiger partial charge in [-0.3, -0.25) is 9.59 Å². The number of phenols is 1. The molecule has 2 amide bonds. The van der Waals surface area contributed by atoms with E-state index in [1.807, 2.05) is 13.8 Å². The van der Waals surface area contributed by atoms with Crippen molar-refractivity contribution in [3.63, 3.8) is 0 Å². The van der Waals surface area contributed by atoms with Crippen molar-refractivity contribution in [2.45, 2.75) is 26.3 Å². The first-order valence-corrected chi connectivity index (χ1v) is 6.97. The monoisotopic (exact) mass is 294 g/mol. The number of piperazine rings is 1. The first kappa shape index (κ1) is 15.3. The highest BCUT2D eigenvalue weighted by Gasteiger charge is 2.34. The van der Waals surface area contributed by atoms with E-state index in [1.54, 1.807) is 0 Å². The van der Waals surface area contributed by atoms with E-state index in [1.165, 1.54) is 17.0 Å². The Morgan fingerprint density at radius 2 is 2.24 bits per heavy atom. The molecule has 0 aliphatic carbocycles. The van der Waals surface area contributed by atoms with Gasteiger partial charge < -0.3 is 15.3 Å². The Balaban J connectivity index is 2.28. The van der Waals surface area contributed by atoms with Gasteiger partial charge in [-0.05, 0) is 24.5 Å². The number of halogens is 1. The summed E-state index contributed by atoms with van der Waals surface area (Å²) in [6, 6.07) is 2.82. The summed E-state index contributed by atoms with van der Waals surface area (Å²) >= 11 is 0. The van der Waals surface area contributed by atoms with Gasteiger partial charge in [-0.2, -0.15) is 0 Å². The molecule has 21 heavy (non-hydrogen) atoms. The van der Waals surface area contributed by atoms with Crippen LogP contribution in [-0.2, 0) is 4.79 Å². The average Bonchev–Trinajstić information content (AvgIpc) is 2.40. The lowest BCUT2D eigenvalue weighted by Crippen LogP contribution is -2.57. The third kappa shape index (κ3) is 3.32. The van der Waals surface area contributed by atoms with Crippen molar-refractivity contribution in [1.29, 1.82) is 0 Å². The van der Waals surface area contributed by atoms with E-state index < -0.39 is 17.8 Å². The fourth-order valence-electron chi connectivity index (χ4n) is 2.47. The maximum Gasteiger partial charge on any atom is 0.257 e. The van der Waals surface area contributed by atoms with Crippen molar-refractivity contribution in [1.82, 2.24) is 10.2 Å². The molecule has 1 aromatic rings. The molecule has 1 saturated heterocycles. The van der Waals surface area contributed by atoms with E-state index in [-0.39, 0.29) is 23.1 Å². The topological polar surface area (TPSA) is 69.6 Å². The van der Waals surface area contributed by atoms with Gasteiger partial charge in [-0.15, -0.1) is 0 Å². The van der Waals surface area contributed by atoms with Crippen molar-refractivity contribution < 1.29 is 19.1 Å². The van der Waals surface area contributed by atoms with Crippen molar-refractivity contribution >= 4 is 11.8 Å². The molecule has 2 rings (SSSR count). The smallest absolute Gasteiger partial charge is 0.257 e. The number of hydrogen-bond acceptors (Lipinski definition) is 3. The number of carbonyl (C=O) groups excluding carboxylic acids is 2. The van der Waals surface area contributed by atoms with Gasteiger partial charge in [-0.1, -0.05) is 13.8 Å². The van der Waals surface area contributed by atoms with Crippen LogP contribution in [0.25, 0.3) is 0 Å². The third-order valence-electron chi connectivity index (χ3n) is 3.47. The lowest BCUT2D eigenvalue weighted by molar-refractivity contribution is -0.128. The average molecular weight is 294 g/mol. The van der Waals surface area contributed by atoms with Gasteiger partial charge in [0.15, 0.2) is 0 Å². The number of benzene rings is 1. The lowest BCUT2D eigenvalue weighted by Gasteiger charge is -2.36. The molecule has 1 unspecified atom stereocenters. The number of rotatable bonds is 3. The van der Waals surface area contributed by atoms with E-state index in [4.69, 9.17) is 0 Å². The largest absolute Gasteiger partial charge is 0.508 e. The normalized spacial score (nSPS) is 18.8. The number of aromatic hydroxyl groups is 1. The van der Waals surface area contributed by atoms with Gasteiger partial charge in [0.25, 0.3) is 5.91 Å². The summed E-state index contributed by atoms with van der Waals surface area (Å²) in [6.07, 6.45) is 0.525. The van der Waals surface area contributed by atoms with Gasteiger partial charge in [-0.25, -0.2) is 4.39 Å². The number of nitrogens with zero attached hydrogens (tertiary/aromatic N) is 1. The molecule has 0 saturated carbocycles. The fourth-order valence-corrected chi connectivity index (χ4v) is 2.47. The number of phenolic OH excluding ortho intramolecular Hbond substituents is 1. The molecule has 114 valence electrons. The van der Waals surface area contributed by atoms with Crippen molar-refractivity contribution in [3.05, 3.63) is 29.6 Å². The van der Waals surface area contributed by atoms with Crippen LogP contribution in [0.3, 0.4) is 0 Å². The molecule has 1 aromatic carbocycles. The van der Waals surface area contributed by atoms with E-state index in [0.29, 0.717) is 19.5 Å². The highest BCUT2D eigenvalue weighted by molar-refractivity contribution is 5.98. The van der Waals surface area contributed by atoms with Crippen molar-refractivity contribution in [3.8, 4) is 5.75 Å². The van der Waals surface area contributed by atoms with Crippen LogP contribution in [-0.4, -0.2) is 41.0 Å². The van der Waals surface area contributed by atoms with Crippen molar-refractivity contribution in [2.75, 3.05) is 13.1 Å². The number of hydrogen-bond donors (Lipinski definition) is 2. The fraction of sp³-hybridized carbons (Fsp3) is 0.467. The van der Waals surface area contributed by atoms with Crippen LogP contribution in [0, 0.1) is 11.7 Å². The summed E-state index contributed by atoms with van der Waals surface area (Å²) in [5, 5.41) is 11.9. The van der Waals surface area contributed by atoms with Crippen LogP contribution in [0.15, 0.2) is 18.2 Å². The van der Waals surface area contributed by atoms with Gasteiger partial charge in [0.1, 0.15) is 17.6 Å². The maximum absolute atomic E-state index is 13.8. The Morgan fingerprint density at radius 3 is 2.86 bits per heavy atom. The van der Waals surface area contributed by atoms with Crippen LogP contribution >= 0.6 is 0 Å². The summed E-state index contributed by atoms with van der Waals surface area (Å²) in [7, 11) is 0. The molecular weight excluding hydrogens is 275 g/mol. The molecule has 1 fully saturated rings. The Hall–Kier alpha value is -2.11. The van der Waals surface area contributed by atoms with Crippen LogP contribution in [0.2, 0.25) is 0 Å². The highest BCUT2D eigenvalue weighted by Crippen LogP contribution is 2.21. The Labute approximate surface area is 122 Å². The molecule has 0 spiro atoms. The van der Waals surface area contributed by atoms with Gasteiger partial charge >= 0.3 is 0 Å². The van der Waals surface area contributed by atoms with Crippen LogP contribution < -0.4 is 5.32 Å². The Bertz CT molecular complexity index is 560. The van der Waals surface area contributed by atoms with E-state index in [0.717, 1.165) is 6.07 Å².